The van der Waals surface area contributed by atoms with E-state index in [1.807, 2.05) is 42.3 Å². The average Bonchev–Trinajstić information content (AvgIpc) is 3.22. The molecule has 1 saturated heterocycles. The fraction of sp³-hybridized carbons (Fsp3) is 0.450. The Morgan fingerprint density at radius 2 is 1.85 bits per heavy atom. The van der Waals surface area contributed by atoms with E-state index in [4.69, 9.17) is 4.98 Å². The Bertz CT molecular complexity index is 833. The Balaban J connectivity index is 1.52. The Kier molecular flexibility index (Phi) is 5.20. The van der Waals surface area contributed by atoms with Gasteiger partial charge in [0, 0.05) is 42.2 Å². The van der Waals surface area contributed by atoms with Gasteiger partial charge in [0.05, 0.1) is 12.2 Å². The van der Waals surface area contributed by atoms with Crippen LogP contribution in [0.4, 0.5) is 16.3 Å². The second-order valence-corrected chi connectivity index (χ2v) is 7.92. The van der Waals surface area contributed by atoms with Gasteiger partial charge in [0.2, 0.25) is 0 Å². The van der Waals surface area contributed by atoms with Crippen LogP contribution in [-0.2, 0) is 13.0 Å². The summed E-state index contributed by atoms with van der Waals surface area (Å²) in [6.45, 7) is 5.28. The lowest BCUT2D eigenvalue weighted by molar-refractivity contribution is 0.206. The van der Waals surface area contributed by atoms with Crippen LogP contribution in [0, 0.1) is 6.92 Å². The molecule has 3 heterocycles. The lowest BCUT2D eigenvalue weighted by Crippen LogP contribution is -2.40. The number of nitrogens with one attached hydrogen (secondary N) is 1. The lowest BCUT2D eigenvalue weighted by atomic mass is 10.1. The lowest BCUT2D eigenvalue weighted by Gasteiger charge is -2.31. The molecule has 0 atom stereocenters. The normalized spacial score (nSPS) is 16.4. The molecule has 4 rings (SSSR count). The van der Waals surface area contributed by atoms with Crippen LogP contribution < -0.4 is 10.2 Å². The second kappa shape index (κ2) is 7.76. The molecule has 0 aliphatic carbocycles. The van der Waals surface area contributed by atoms with Crippen LogP contribution >= 0.6 is 11.8 Å². The van der Waals surface area contributed by atoms with Gasteiger partial charge < -0.3 is 15.1 Å². The zero-order valence-corrected chi connectivity index (χ0v) is 16.7. The van der Waals surface area contributed by atoms with Crippen molar-refractivity contribution in [2.24, 2.45) is 0 Å². The summed E-state index contributed by atoms with van der Waals surface area (Å²) >= 11 is 1.69. The molecule has 1 aromatic carbocycles. The van der Waals surface area contributed by atoms with E-state index in [-0.39, 0.29) is 6.03 Å². The molecule has 0 bridgehead atoms. The number of hydrogen-bond donors (Lipinski definition) is 1. The van der Waals surface area contributed by atoms with Crippen LogP contribution in [0.15, 0.2) is 29.2 Å². The topological polar surface area (TPSA) is 61.4 Å². The molecule has 0 saturated carbocycles. The molecule has 1 aromatic heterocycles. The number of anilines is 2. The summed E-state index contributed by atoms with van der Waals surface area (Å²) in [5, 5.41) is 3.02. The fourth-order valence-electron chi connectivity index (χ4n) is 3.76. The van der Waals surface area contributed by atoms with E-state index in [1.54, 1.807) is 11.8 Å². The summed E-state index contributed by atoms with van der Waals surface area (Å²) in [5.74, 6) is 1.85. The maximum atomic E-state index is 12.8. The van der Waals surface area contributed by atoms with Crippen molar-refractivity contribution in [3.8, 4) is 0 Å². The molecule has 2 aliphatic heterocycles. The molecule has 27 heavy (non-hydrogen) atoms. The number of aryl methyl sites for hydroxylation is 1. The molecular formula is C20H25N5OS. The van der Waals surface area contributed by atoms with Gasteiger partial charge in [0.15, 0.2) is 0 Å². The third-order valence-electron chi connectivity index (χ3n) is 5.18. The Hall–Kier alpha value is -2.28. The fourth-order valence-corrected chi connectivity index (χ4v) is 4.17. The first-order valence-electron chi connectivity index (χ1n) is 9.45. The van der Waals surface area contributed by atoms with Crippen molar-refractivity contribution in [1.29, 1.82) is 0 Å². The summed E-state index contributed by atoms with van der Waals surface area (Å²) in [6, 6.07) is 7.88. The van der Waals surface area contributed by atoms with Crippen molar-refractivity contribution < 1.29 is 4.79 Å². The minimum atomic E-state index is -0.0644. The van der Waals surface area contributed by atoms with Crippen molar-refractivity contribution in [3.05, 3.63) is 41.3 Å². The maximum Gasteiger partial charge on any atom is 0.322 e. The van der Waals surface area contributed by atoms with Crippen LogP contribution in [0.2, 0.25) is 0 Å². The summed E-state index contributed by atoms with van der Waals surface area (Å²) in [5.41, 5.74) is 3.03. The zero-order valence-electron chi connectivity index (χ0n) is 15.9. The molecular weight excluding hydrogens is 358 g/mol. The predicted molar refractivity (Wildman–Crippen MR) is 110 cm³/mol. The molecule has 0 unspecified atom stereocenters. The number of fused-ring (bicyclic) bond motifs is 1. The highest BCUT2D eigenvalue weighted by Crippen LogP contribution is 2.29. The van der Waals surface area contributed by atoms with Crippen molar-refractivity contribution in [3.63, 3.8) is 0 Å². The van der Waals surface area contributed by atoms with Crippen molar-refractivity contribution in [2.75, 3.05) is 36.1 Å². The highest BCUT2D eigenvalue weighted by molar-refractivity contribution is 7.98. The largest absolute Gasteiger partial charge is 0.356 e. The second-order valence-electron chi connectivity index (χ2n) is 7.04. The Morgan fingerprint density at radius 3 is 2.56 bits per heavy atom. The third kappa shape index (κ3) is 3.88. The van der Waals surface area contributed by atoms with E-state index >= 15 is 0 Å². The molecule has 2 aromatic rings. The smallest absolute Gasteiger partial charge is 0.322 e. The minimum absolute atomic E-state index is 0.0644. The van der Waals surface area contributed by atoms with Crippen molar-refractivity contribution in [1.82, 2.24) is 14.9 Å². The summed E-state index contributed by atoms with van der Waals surface area (Å²) < 4.78 is 0. The molecule has 2 aliphatic rings. The number of benzene rings is 1. The molecule has 2 amide bonds. The third-order valence-corrected chi connectivity index (χ3v) is 5.93. The van der Waals surface area contributed by atoms with Gasteiger partial charge in [-0.1, -0.05) is 0 Å². The van der Waals surface area contributed by atoms with Gasteiger partial charge in [-0.2, -0.15) is 0 Å². The number of carbonyl (C=O) groups is 1. The molecule has 0 spiro atoms. The van der Waals surface area contributed by atoms with Gasteiger partial charge in [0.25, 0.3) is 0 Å². The van der Waals surface area contributed by atoms with E-state index in [2.05, 4.69) is 15.2 Å². The van der Waals surface area contributed by atoms with Crippen LogP contribution in [0.1, 0.15) is 29.9 Å². The van der Waals surface area contributed by atoms with Crippen molar-refractivity contribution in [2.45, 2.75) is 37.6 Å². The van der Waals surface area contributed by atoms with Gasteiger partial charge >= 0.3 is 6.03 Å². The first kappa shape index (κ1) is 18.1. The zero-order chi connectivity index (χ0) is 18.8. The van der Waals surface area contributed by atoms with Crippen LogP contribution in [0.5, 0.6) is 0 Å². The van der Waals surface area contributed by atoms with Gasteiger partial charge in [0.1, 0.15) is 11.6 Å². The number of amides is 2. The number of carbonyl (C=O) groups excluding carboxylic acids is 1. The molecule has 0 radical (unpaired) electrons. The number of hydrogen-bond acceptors (Lipinski definition) is 5. The van der Waals surface area contributed by atoms with Gasteiger partial charge in [-0.05, 0) is 50.3 Å². The molecule has 6 nitrogen and oxygen atoms in total. The van der Waals surface area contributed by atoms with Gasteiger partial charge in [-0.15, -0.1) is 11.8 Å². The maximum absolute atomic E-state index is 12.8. The predicted octanol–water partition coefficient (Wildman–Crippen LogP) is 3.70. The molecule has 7 heteroatoms. The standard InChI is InChI=1S/C20H25N5OS/c1-14-21-18-9-12-25(13-17(18)19(22-14)24-10-3-4-11-24)20(26)23-15-5-7-16(27-2)8-6-15/h5-8H,3-4,9-13H2,1-2H3,(H,23,26). The highest BCUT2D eigenvalue weighted by atomic mass is 32.2. The monoisotopic (exact) mass is 383 g/mol. The Morgan fingerprint density at radius 1 is 1.11 bits per heavy atom. The van der Waals surface area contributed by atoms with E-state index < -0.39 is 0 Å². The van der Waals surface area contributed by atoms with Crippen molar-refractivity contribution >= 4 is 29.3 Å². The SMILES string of the molecule is CSc1ccc(NC(=O)N2CCc3nc(C)nc(N4CCCC4)c3C2)cc1. The molecule has 1 fully saturated rings. The number of rotatable bonds is 3. The first-order valence-corrected chi connectivity index (χ1v) is 10.7. The van der Waals surface area contributed by atoms with Crippen LogP contribution in [-0.4, -0.2) is 46.8 Å². The minimum Gasteiger partial charge on any atom is -0.356 e. The van der Waals surface area contributed by atoms with Gasteiger partial charge in [-0.25, -0.2) is 14.8 Å². The number of urea groups is 1. The van der Waals surface area contributed by atoms with E-state index in [9.17, 15) is 4.79 Å². The van der Waals surface area contributed by atoms with E-state index in [0.29, 0.717) is 13.1 Å². The average molecular weight is 384 g/mol. The number of nitrogens with zero attached hydrogens (tertiary/aromatic N) is 4. The first-order chi connectivity index (χ1) is 13.1. The quantitative estimate of drug-likeness (QED) is 0.819. The number of thioether (sulfide) groups is 1. The number of aromatic nitrogens is 2. The summed E-state index contributed by atoms with van der Waals surface area (Å²) in [6.07, 6.45) is 5.22. The summed E-state index contributed by atoms with van der Waals surface area (Å²) in [4.78, 5) is 27.5. The van der Waals surface area contributed by atoms with E-state index in [1.165, 1.54) is 17.7 Å². The highest BCUT2D eigenvalue weighted by Gasteiger charge is 2.28. The van der Waals surface area contributed by atoms with Crippen LogP contribution in [0.3, 0.4) is 0 Å². The van der Waals surface area contributed by atoms with Gasteiger partial charge in [-0.3, -0.25) is 0 Å². The Labute approximate surface area is 164 Å². The molecule has 1 N–H and O–H groups in total. The molecule has 142 valence electrons. The van der Waals surface area contributed by atoms with Crippen LogP contribution in [0.25, 0.3) is 0 Å². The summed E-state index contributed by atoms with van der Waals surface area (Å²) in [7, 11) is 0. The van der Waals surface area contributed by atoms with E-state index in [0.717, 1.165) is 48.1 Å².